The molecule has 0 aliphatic rings. The summed E-state index contributed by atoms with van der Waals surface area (Å²) in [5.41, 5.74) is 1.23. The summed E-state index contributed by atoms with van der Waals surface area (Å²) in [5, 5.41) is 13.0. The van der Waals surface area contributed by atoms with Crippen LogP contribution in [0.4, 0.5) is 5.69 Å². The van der Waals surface area contributed by atoms with Gasteiger partial charge in [0.15, 0.2) is 0 Å². The number of anilines is 1. The summed E-state index contributed by atoms with van der Waals surface area (Å²) in [6, 6.07) is 21.0. The van der Waals surface area contributed by atoms with Crippen molar-refractivity contribution in [2.45, 2.75) is 6.42 Å². The summed E-state index contributed by atoms with van der Waals surface area (Å²) in [6.45, 7) is 0. The topological polar surface area (TPSA) is 58.6 Å². The van der Waals surface area contributed by atoms with Crippen molar-refractivity contribution in [3.05, 3.63) is 83.4 Å². The van der Waals surface area contributed by atoms with Crippen LogP contribution in [0.2, 0.25) is 5.02 Å². The van der Waals surface area contributed by atoms with Crippen molar-refractivity contribution in [3.63, 3.8) is 0 Å². The van der Waals surface area contributed by atoms with E-state index in [1.165, 1.54) is 0 Å². The smallest absolute Gasteiger partial charge is 0.228 e. The summed E-state index contributed by atoms with van der Waals surface area (Å²) in [4.78, 5) is 12.1. The number of benzene rings is 3. The molecule has 0 unspecified atom stereocenters. The molecule has 3 aromatic rings. The second-order valence-electron chi connectivity index (χ2n) is 5.41. The van der Waals surface area contributed by atoms with E-state index in [0.29, 0.717) is 27.8 Å². The van der Waals surface area contributed by atoms with Gasteiger partial charge in [-0.15, -0.1) is 0 Å². The van der Waals surface area contributed by atoms with E-state index in [2.05, 4.69) is 5.32 Å². The molecule has 3 aromatic carbocycles. The number of nitrogens with one attached hydrogen (secondary N) is 1. The molecule has 2 N–H and O–H groups in total. The molecule has 0 saturated carbocycles. The average molecular weight is 354 g/mol. The second kappa shape index (κ2) is 7.73. The summed E-state index contributed by atoms with van der Waals surface area (Å²) in [7, 11) is 0. The second-order valence-corrected chi connectivity index (χ2v) is 5.82. The van der Waals surface area contributed by atoms with Gasteiger partial charge in [-0.3, -0.25) is 4.79 Å². The highest BCUT2D eigenvalue weighted by Crippen LogP contribution is 2.29. The molecule has 126 valence electrons. The Kier molecular flexibility index (Phi) is 5.21. The lowest BCUT2D eigenvalue weighted by atomic mass is 10.1. The minimum absolute atomic E-state index is 0.102. The first-order valence-corrected chi connectivity index (χ1v) is 8.09. The lowest BCUT2D eigenvalue weighted by Gasteiger charge is -2.09. The Labute approximate surface area is 150 Å². The van der Waals surface area contributed by atoms with Gasteiger partial charge >= 0.3 is 0 Å². The van der Waals surface area contributed by atoms with E-state index in [4.69, 9.17) is 16.3 Å². The summed E-state index contributed by atoms with van der Waals surface area (Å²) < 4.78 is 5.70. The van der Waals surface area contributed by atoms with Gasteiger partial charge < -0.3 is 15.2 Å². The van der Waals surface area contributed by atoms with Crippen molar-refractivity contribution in [2.24, 2.45) is 0 Å². The number of hydrogen-bond donors (Lipinski definition) is 2. The van der Waals surface area contributed by atoms with Gasteiger partial charge in [-0.2, -0.15) is 0 Å². The molecule has 3 rings (SSSR count). The molecule has 0 heterocycles. The maximum atomic E-state index is 12.1. The number of para-hydroxylation sites is 2. The Morgan fingerprint density at radius 2 is 1.64 bits per heavy atom. The number of halogens is 1. The molecule has 0 radical (unpaired) electrons. The Morgan fingerprint density at radius 1 is 0.960 bits per heavy atom. The Balaban J connectivity index is 1.62. The van der Waals surface area contributed by atoms with Gasteiger partial charge in [0.2, 0.25) is 5.91 Å². The summed E-state index contributed by atoms with van der Waals surface area (Å²) in [6.07, 6.45) is 0.102. The van der Waals surface area contributed by atoms with Crippen LogP contribution in [-0.2, 0) is 11.2 Å². The van der Waals surface area contributed by atoms with Crippen LogP contribution in [0.5, 0.6) is 17.2 Å². The van der Waals surface area contributed by atoms with Crippen LogP contribution >= 0.6 is 11.6 Å². The molecular weight excluding hydrogens is 338 g/mol. The molecule has 0 aliphatic carbocycles. The lowest BCUT2D eigenvalue weighted by Crippen LogP contribution is -2.14. The van der Waals surface area contributed by atoms with Crippen LogP contribution in [0, 0.1) is 0 Å². The highest BCUT2D eigenvalue weighted by molar-refractivity contribution is 6.32. The molecule has 4 nitrogen and oxygen atoms in total. The molecule has 0 aromatic heterocycles. The van der Waals surface area contributed by atoms with Crippen LogP contribution in [0.15, 0.2) is 72.8 Å². The first-order valence-electron chi connectivity index (χ1n) is 7.71. The SMILES string of the molecule is O=C(Cc1ccccc1O)Nc1ccc(Oc2ccccc2Cl)cc1. The first-order chi connectivity index (χ1) is 12.1. The fourth-order valence-electron chi connectivity index (χ4n) is 2.30. The molecule has 0 fully saturated rings. The molecule has 25 heavy (non-hydrogen) atoms. The van der Waals surface area contributed by atoms with Gasteiger partial charge in [-0.1, -0.05) is 41.9 Å². The zero-order chi connectivity index (χ0) is 17.6. The molecule has 0 aliphatic heterocycles. The van der Waals surface area contributed by atoms with Crippen LogP contribution < -0.4 is 10.1 Å². The van der Waals surface area contributed by atoms with Gasteiger partial charge in [-0.05, 0) is 42.5 Å². The third-order valence-electron chi connectivity index (χ3n) is 3.55. The minimum Gasteiger partial charge on any atom is -0.508 e. The monoisotopic (exact) mass is 353 g/mol. The van der Waals surface area contributed by atoms with E-state index in [1.54, 1.807) is 60.7 Å². The van der Waals surface area contributed by atoms with Gasteiger partial charge in [0.05, 0.1) is 11.4 Å². The minimum atomic E-state index is -0.207. The van der Waals surface area contributed by atoms with Gasteiger partial charge in [0, 0.05) is 11.3 Å². The van der Waals surface area contributed by atoms with Crippen molar-refractivity contribution in [1.29, 1.82) is 0 Å². The third kappa shape index (κ3) is 4.52. The number of carbonyl (C=O) groups excluding carboxylic acids is 1. The van der Waals surface area contributed by atoms with Crippen LogP contribution in [0.1, 0.15) is 5.56 Å². The van der Waals surface area contributed by atoms with Crippen LogP contribution in [-0.4, -0.2) is 11.0 Å². The lowest BCUT2D eigenvalue weighted by molar-refractivity contribution is -0.115. The number of hydrogen-bond acceptors (Lipinski definition) is 3. The number of phenolic OH excluding ortho intramolecular Hbond substituents is 1. The van der Waals surface area contributed by atoms with Crippen molar-refractivity contribution in [2.75, 3.05) is 5.32 Å². The summed E-state index contributed by atoms with van der Waals surface area (Å²) in [5.74, 6) is 1.09. The molecular formula is C20H16ClNO3. The number of carbonyl (C=O) groups is 1. The van der Waals surface area contributed by atoms with Gasteiger partial charge in [0.25, 0.3) is 0 Å². The van der Waals surface area contributed by atoms with Crippen molar-refractivity contribution < 1.29 is 14.6 Å². The normalized spacial score (nSPS) is 10.3. The van der Waals surface area contributed by atoms with Crippen molar-refractivity contribution in [3.8, 4) is 17.2 Å². The molecule has 0 saturated heterocycles. The Morgan fingerprint density at radius 3 is 2.36 bits per heavy atom. The zero-order valence-corrected chi connectivity index (χ0v) is 14.0. The Bertz CT molecular complexity index is 878. The average Bonchev–Trinajstić information content (AvgIpc) is 2.61. The van der Waals surface area contributed by atoms with E-state index in [0.717, 1.165) is 0 Å². The highest BCUT2D eigenvalue weighted by Gasteiger charge is 2.08. The fourth-order valence-corrected chi connectivity index (χ4v) is 2.47. The third-order valence-corrected chi connectivity index (χ3v) is 3.86. The van der Waals surface area contributed by atoms with Gasteiger partial charge in [-0.25, -0.2) is 0 Å². The molecule has 0 atom stereocenters. The van der Waals surface area contributed by atoms with E-state index < -0.39 is 0 Å². The van der Waals surface area contributed by atoms with Crippen molar-refractivity contribution in [1.82, 2.24) is 0 Å². The molecule has 5 heteroatoms. The maximum absolute atomic E-state index is 12.1. The fraction of sp³-hybridized carbons (Fsp3) is 0.0500. The predicted molar refractivity (Wildman–Crippen MR) is 98.4 cm³/mol. The zero-order valence-electron chi connectivity index (χ0n) is 13.3. The number of rotatable bonds is 5. The number of aromatic hydroxyl groups is 1. The molecule has 1 amide bonds. The number of ether oxygens (including phenoxy) is 1. The predicted octanol–water partition coefficient (Wildman–Crippen LogP) is 5.02. The first kappa shape index (κ1) is 16.9. The highest BCUT2D eigenvalue weighted by atomic mass is 35.5. The van der Waals surface area contributed by atoms with E-state index in [-0.39, 0.29) is 18.1 Å². The summed E-state index contributed by atoms with van der Waals surface area (Å²) >= 11 is 6.06. The van der Waals surface area contributed by atoms with Gasteiger partial charge in [0.1, 0.15) is 17.2 Å². The van der Waals surface area contributed by atoms with Crippen LogP contribution in [0.3, 0.4) is 0 Å². The largest absolute Gasteiger partial charge is 0.508 e. The Hall–Kier alpha value is -2.98. The van der Waals surface area contributed by atoms with E-state index in [9.17, 15) is 9.90 Å². The standard InChI is InChI=1S/C20H16ClNO3/c21-17-6-2-4-8-19(17)25-16-11-9-15(10-12-16)22-20(24)13-14-5-1-3-7-18(14)23/h1-12,23H,13H2,(H,22,24). The van der Waals surface area contributed by atoms with E-state index in [1.807, 2.05) is 12.1 Å². The number of amides is 1. The van der Waals surface area contributed by atoms with Crippen LogP contribution in [0.25, 0.3) is 0 Å². The quantitative estimate of drug-likeness (QED) is 0.677. The molecule has 0 spiro atoms. The van der Waals surface area contributed by atoms with Crippen molar-refractivity contribution >= 4 is 23.2 Å². The maximum Gasteiger partial charge on any atom is 0.228 e. The molecule has 0 bridgehead atoms. The number of phenols is 1. The van der Waals surface area contributed by atoms with E-state index >= 15 is 0 Å².